The minimum absolute atomic E-state index is 0.741. The van der Waals surface area contributed by atoms with Crippen LogP contribution in [0.15, 0.2) is 29.8 Å². The van der Waals surface area contributed by atoms with Gasteiger partial charge in [0.05, 0.1) is 17.6 Å². The predicted molar refractivity (Wildman–Crippen MR) is 84.0 cm³/mol. The first-order chi connectivity index (χ1) is 9.81. The molecule has 0 unspecified atom stereocenters. The molecular formula is C16H20ClN3. The number of halogens is 1. The topological polar surface area (TPSA) is 40.7 Å². The van der Waals surface area contributed by atoms with E-state index in [2.05, 4.69) is 21.4 Å². The van der Waals surface area contributed by atoms with Crippen LogP contribution in [0, 0.1) is 0 Å². The summed E-state index contributed by atoms with van der Waals surface area (Å²) in [6.07, 6.45) is 8.83. The molecule has 1 aliphatic rings. The number of aromatic amines is 1. The van der Waals surface area contributed by atoms with E-state index in [-0.39, 0.29) is 0 Å². The van der Waals surface area contributed by atoms with E-state index in [0.717, 1.165) is 41.4 Å². The summed E-state index contributed by atoms with van der Waals surface area (Å²) >= 11 is 5.97. The maximum absolute atomic E-state index is 5.97. The van der Waals surface area contributed by atoms with Crippen LogP contribution in [0.1, 0.15) is 37.9 Å². The number of nitrogens with one attached hydrogen (secondary N) is 2. The van der Waals surface area contributed by atoms with Crippen LogP contribution in [0.2, 0.25) is 5.02 Å². The highest BCUT2D eigenvalue weighted by Crippen LogP contribution is 2.19. The Bertz CT molecular complexity index is 615. The molecule has 0 spiro atoms. The van der Waals surface area contributed by atoms with Crippen molar-refractivity contribution < 1.29 is 0 Å². The molecule has 3 rings (SSSR count). The van der Waals surface area contributed by atoms with Crippen molar-refractivity contribution in [3.63, 3.8) is 0 Å². The molecule has 0 atom stereocenters. The zero-order valence-corrected chi connectivity index (χ0v) is 12.3. The van der Waals surface area contributed by atoms with Crippen LogP contribution in [-0.4, -0.2) is 16.5 Å². The van der Waals surface area contributed by atoms with E-state index in [9.17, 15) is 0 Å². The van der Waals surface area contributed by atoms with Crippen molar-refractivity contribution in [3.8, 4) is 0 Å². The van der Waals surface area contributed by atoms with Gasteiger partial charge in [0.2, 0.25) is 0 Å². The highest BCUT2D eigenvalue weighted by Gasteiger charge is 2.05. The molecule has 0 saturated heterocycles. The van der Waals surface area contributed by atoms with Crippen LogP contribution in [0.5, 0.6) is 0 Å². The van der Waals surface area contributed by atoms with Gasteiger partial charge in [-0.2, -0.15) is 0 Å². The fraction of sp³-hybridized carbons (Fsp3) is 0.438. The molecule has 1 heterocycles. The monoisotopic (exact) mass is 289 g/mol. The smallest absolute Gasteiger partial charge is 0.121 e. The standard InChI is InChI=1S/C16H20ClN3/c17-13-6-7-14-15(10-13)20-16(19-14)11-18-9-8-12-4-2-1-3-5-12/h4,6-7,10,18H,1-3,5,8-9,11H2,(H,19,20). The van der Waals surface area contributed by atoms with Gasteiger partial charge < -0.3 is 10.3 Å². The number of benzene rings is 1. The molecule has 0 saturated carbocycles. The van der Waals surface area contributed by atoms with Crippen molar-refractivity contribution in [2.24, 2.45) is 0 Å². The maximum Gasteiger partial charge on any atom is 0.121 e. The van der Waals surface area contributed by atoms with Crippen LogP contribution in [0.3, 0.4) is 0 Å². The molecular weight excluding hydrogens is 270 g/mol. The molecule has 0 fully saturated rings. The summed E-state index contributed by atoms with van der Waals surface area (Å²) in [5.74, 6) is 0.972. The van der Waals surface area contributed by atoms with Crippen LogP contribution in [0.4, 0.5) is 0 Å². The summed E-state index contributed by atoms with van der Waals surface area (Å²) in [7, 11) is 0. The third kappa shape index (κ3) is 3.41. The van der Waals surface area contributed by atoms with Crippen molar-refractivity contribution in [2.75, 3.05) is 6.54 Å². The van der Waals surface area contributed by atoms with Crippen molar-refractivity contribution in [2.45, 2.75) is 38.6 Å². The number of rotatable bonds is 5. The summed E-state index contributed by atoms with van der Waals surface area (Å²) in [5, 5.41) is 4.20. The number of hydrogen-bond acceptors (Lipinski definition) is 2. The predicted octanol–water partition coefficient (Wildman–Crippen LogP) is 4.20. The minimum Gasteiger partial charge on any atom is -0.341 e. The molecule has 0 radical (unpaired) electrons. The summed E-state index contributed by atoms with van der Waals surface area (Å²) in [5.41, 5.74) is 3.59. The third-order valence-electron chi connectivity index (χ3n) is 3.79. The van der Waals surface area contributed by atoms with E-state index in [0.29, 0.717) is 0 Å². The van der Waals surface area contributed by atoms with Gasteiger partial charge in [0.1, 0.15) is 5.82 Å². The normalized spacial score (nSPS) is 15.6. The Kier molecular flexibility index (Phi) is 4.38. The zero-order chi connectivity index (χ0) is 13.8. The SMILES string of the molecule is Clc1ccc2nc(CNCCC3=CCCCC3)[nH]c2c1. The number of aromatic nitrogens is 2. The van der Waals surface area contributed by atoms with Crippen LogP contribution in [-0.2, 0) is 6.54 Å². The number of allylic oxidation sites excluding steroid dienone is 1. The van der Waals surface area contributed by atoms with Crippen molar-refractivity contribution in [3.05, 3.63) is 40.7 Å². The van der Waals surface area contributed by atoms with Gasteiger partial charge in [-0.15, -0.1) is 0 Å². The molecule has 1 aromatic heterocycles. The van der Waals surface area contributed by atoms with Crippen LogP contribution < -0.4 is 5.32 Å². The summed E-state index contributed by atoms with van der Waals surface area (Å²) in [4.78, 5) is 7.85. The lowest BCUT2D eigenvalue weighted by Gasteiger charge is -2.12. The summed E-state index contributed by atoms with van der Waals surface area (Å²) in [6.45, 7) is 1.79. The molecule has 0 amide bonds. The number of imidazole rings is 1. The molecule has 20 heavy (non-hydrogen) atoms. The van der Waals surface area contributed by atoms with Gasteiger partial charge in [-0.3, -0.25) is 0 Å². The summed E-state index contributed by atoms with van der Waals surface area (Å²) in [6, 6.07) is 5.74. The van der Waals surface area contributed by atoms with Gasteiger partial charge in [0, 0.05) is 5.02 Å². The Labute approximate surface area is 124 Å². The maximum atomic E-state index is 5.97. The second-order valence-electron chi connectivity index (χ2n) is 5.38. The van der Waals surface area contributed by atoms with E-state index in [1.807, 2.05) is 18.2 Å². The van der Waals surface area contributed by atoms with E-state index in [1.165, 1.54) is 25.7 Å². The molecule has 2 N–H and O–H groups in total. The van der Waals surface area contributed by atoms with Gasteiger partial charge >= 0.3 is 0 Å². The van der Waals surface area contributed by atoms with Gasteiger partial charge in [-0.25, -0.2) is 4.98 Å². The fourth-order valence-electron chi connectivity index (χ4n) is 2.71. The average molecular weight is 290 g/mol. The number of fused-ring (bicyclic) bond motifs is 1. The second kappa shape index (κ2) is 6.42. The first-order valence-electron chi connectivity index (χ1n) is 7.34. The minimum atomic E-state index is 0.741. The van der Waals surface area contributed by atoms with E-state index < -0.39 is 0 Å². The zero-order valence-electron chi connectivity index (χ0n) is 11.6. The molecule has 0 aliphatic heterocycles. The van der Waals surface area contributed by atoms with Crippen LogP contribution >= 0.6 is 11.6 Å². The van der Waals surface area contributed by atoms with Gasteiger partial charge in [0.25, 0.3) is 0 Å². The lowest BCUT2D eigenvalue weighted by molar-refractivity contribution is 0.624. The lowest BCUT2D eigenvalue weighted by Crippen LogP contribution is -2.16. The average Bonchev–Trinajstić information content (AvgIpc) is 2.86. The largest absolute Gasteiger partial charge is 0.341 e. The molecule has 106 valence electrons. The van der Waals surface area contributed by atoms with Crippen molar-refractivity contribution in [1.29, 1.82) is 0 Å². The van der Waals surface area contributed by atoms with E-state index in [1.54, 1.807) is 5.57 Å². The molecule has 1 aliphatic carbocycles. The highest BCUT2D eigenvalue weighted by atomic mass is 35.5. The fourth-order valence-corrected chi connectivity index (χ4v) is 2.88. The molecule has 0 bridgehead atoms. The Balaban J connectivity index is 1.51. The summed E-state index contributed by atoms with van der Waals surface area (Å²) < 4.78 is 0. The molecule has 4 heteroatoms. The molecule has 2 aromatic rings. The van der Waals surface area contributed by atoms with Gasteiger partial charge in [0.15, 0.2) is 0 Å². The first kappa shape index (κ1) is 13.7. The second-order valence-corrected chi connectivity index (χ2v) is 5.82. The third-order valence-corrected chi connectivity index (χ3v) is 4.03. The van der Waals surface area contributed by atoms with E-state index >= 15 is 0 Å². The van der Waals surface area contributed by atoms with Gasteiger partial charge in [-0.05, 0) is 56.8 Å². The number of hydrogen-bond donors (Lipinski definition) is 2. The van der Waals surface area contributed by atoms with Gasteiger partial charge in [-0.1, -0.05) is 23.3 Å². The van der Waals surface area contributed by atoms with E-state index in [4.69, 9.17) is 11.6 Å². The van der Waals surface area contributed by atoms with Crippen molar-refractivity contribution >= 4 is 22.6 Å². The molecule has 3 nitrogen and oxygen atoms in total. The quantitative estimate of drug-likeness (QED) is 0.640. The Morgan fingerprint density at radius 2 is 2.25 bits per heavy atom. The first-order valence-corrected chi connectivity index (χ1v) is 7.72. The number of H-pyrrole nitrogens is 1. The Morgan fingerprint density at radius 3 is 3.10 bits per heavy atom. The highest BCUT2D eigenvalue weighted by molar-refractivity contribution is 6.31. The molecule has 1 aromatic carbocycles. The van der Waals surface area contributed by atoms with Crippen LogP contribution in [0.25, 0.3) is 11.0 Å². The lowest BCUT2D eigenvalue weighted by atomic mass is 9.97. The van der Waals surface area contributed by atoms with Crippen molar-refractivity contribution in [1.82, 2.24) is 15.3 Å². The number of nitrogens with zero attached hydrogens (tertiary/aromatic N) is 1. The Hall–Kier alpha value is -1.32. The Morgan fingerprint density at radius 1 is 1.30 bits per heavy atom.